The quantitative estimate of drug-likeness (QED) is 0.845. The predicted octanol–water partition coefficient (Wildman–Crippen LogP) is 0.932. The monoisotopic (exact) mass is 263 g/mol. The molecule has 1 aliphatic rings. The van der Waals surface area contributed by atoms with Crippen LogP contribution in [-0.4, -0.2) is 41.6 Å². The van der Waals surface area contributed by atoms with E-state index in [0.717, 1.165) is 31.0 Å². The summed E-state index contributed by atoms with van der Waals surface area (Å²) in [6.07, 6.45) is 0.769. The molecule has 0 spiro atoms. The van der Waals surface area contributed by atoms with Crippen molar-refractivity contribution in [1.29, 1.82) is 0 Å². The van der Waals surface area contributed by atoms with Gasteiger partial charge in [-0.1, -0.05) is 6.92 Å². The van der Waals surface area contributed by atoms with E-state index in [9.17, 15) is 4.79 Å². The Balaban J connectivity index is 2.31. The summed E-state index contributed by atoms with van der Waals surface area (Å²) in [7, 11) is 0. The van der Waals surface area contributed by atoms with Gasteiger partial charge in [0.1, 0.15) is 11.9 Å². The molecule has 2 rings (SSSR count). The molecule has 0 bridgehead atoms. The third-order valence-electron chi connectivity index (χ3n) is 3.19. The summed E-state index contributed by atoms with van der Waals surface area (Å²) in [4.78, 5) is 22.8. The molecule has 2 N–H and O–H groups in total. The number of hydrogen-bond donors (Lipinski definition) is 2. The van der Waals surface area contributed by atoms with Crippen molar-refractivity contribution in [2.75, 3.05) is 29.9 Å². The molecule has 6 heteroatoms. The van der Waals surface area contributed by atoms with Gasteiger partial charge in [-0.3, -0.25) is 4.79 Å². The number of carbonyl (C=O) groups is 1. The van der Waals surface area contributed by atoms with Crippen LogP contribution in [0.2, 0.25) is 0 Å². The minimum atomic E-state index is -0.141. The summed E-state index contributed by atoms with van der Waals surface area (Å²) < 4.78 is 0. The molecular weight excluding hydrogens is 242 g/mol. The van der Waals surface area contributed by atoms with E-state index in [1.54, 1.807) is 0 Å². The van der Waals surface area contributed by atoms with E-state index in [1.807, 2.05) is 26.8 Å². The average Bonchev–Trinajstić information content (AvgIpc) is 2.38. The highest BCUT2D eigenvalue weighted by molar-refractivity contribution is 5.86. The highest BCUT2D eigenvalue weighted by Crippen LogP contribution is 2.20. The maximum Gasteiger partial charge on any atom is 0.242 e. The molecule has 0 aromatic carbocycles. The van der Waals surface area contributed by atoms with E-state index in [2.05, 4.69) is 25.5 Å². The Morgan fingerprint density at radius 3 is 2.95 bits per heavy atom. The van der Waals surface area contributed by atoms with Crippen molar-refractivity contribution < 1.29 is 4.79 Å². The van der Waals surface area contributed by atoms with Gasteiger partial charge in [0.15, 0.2) is 0 Å². The van der Waals surface area contributed by atoms with E-state index in [1.165, 1.54) is 0 Å². The zero-order valence-corrected chi connectivity index (χ0v) is 11.7. The molecule has 1 saturated heterocycles. The van der Waals surface area contributed by atoms with Crippen LogP contribution in [-0.2, 0) is 4.79 Å². The summed E-state index contributed by atoms with van der Waals surface area (Å²) in [6, 6.07) is 1.79. The van der Waals surface area contributed by atoms with Gasteiger partial charge in [-0.15, -0.1) is 0 Å². The fourth-order valence-corrected chi connectivity index (χ4v) is 2.33. The molecule has 0 radical (unpaired) electrons. The van der Waals surface area contributed by atoms with Crippen LogP contribution in [0, 0.1) is 6.92 Å². The molecule has 1 amide bonds. The first-order valence-corrected chi connectivity index (χ1v) is 6.79. The molecule has 1 fully saturated rings. The third kappa shape index (κ3) is 2.94. The van der Waals surface area contributed by atoms with Gasteiger partial charge in [-0.25, -0.2) is 4.98 Å². The lowest BCUT2D eigenvalue weighted by Gasteiger charge is -2.35. The van der Waals surface area contributed by atoms with Crippen molar-refractivity contribution in [3.63, 3.8) is 0 Å². The molecule has 0 aliphatic carbocycles. The van der Waals surface area contributed by atoms with Crippen molar-refractivity contribution in [3.05, 3.63) is 11.8 Å². The van der Waals surface area contributed by atoms with Gasteiger partial charge in [-0.2, -0.15) is 4.98 Å². The molecule has 0 saturated carbocycles. The molecular formula is C13H21N5O. The first kappa shape index (κ1) is 13.6. The van der Waals surface area contributed by atoms with Crippen molar-refractivity contribution in [1.82, 2.24) is 15.3 Å². The molecule has 6 nitrogen and oxygen atoms in total. The summed E-state index contributed by atoms with van der Waals surface area (Å²) in [5, 5.41) is 6.02. The summed E-state index contributed by atoms with van der Waals surface area (Å²) in [6.45, 7) is 8.19. The smallest absolute Gasteiger partial charge is 0.242 e. The predicted molar refractivity (Wildman–Crippen MR) is 75.4 cm³/mol. The number of anilines is 2. The Labute approximate surface area is 113 Å². The van der Waals surface area contributed by atoms with Crippen LogP contribution in [0.5, 0.6) is 0 Å². The Morgan fingerprint density at radius 2 is 2.26 bits per heavy atom. The lowest BCUT2D eigenvalue weighted by molar-refractivity contribution is -0.123. The van der Waals surface area contributed by atoms with Crippen LogP contribution in [0.25, 0.3) is 0 Å². The summed E-state index contributed by atoms with van der Waals surface area (Å²) in [5.41, 5.74) is 0.904. The second kappa shape index (κ2) is 5.86. The highest BCUT2D eigenvalue weighted by Gasteiger charge is 2.29. The molecule has 1 atom stereocenters. The van der Waals surface area contributed by atoms with Gasteiger partial charge >= 0.3 is 0 Å². The van der Waals surface area contributed by atoms with Gasteiger partial charge in [0.25, 0.3) is 0 Å². The largest absolute Gasteiger partial charge is 0.354 e. The first-order valence-electron chi connectivity index (χ1n) is 6.79. The number of nitrogens with zero attached hydrogens (tertiary/aromatic N) is 3. The Bertz CT molecular complexity index is 462. The number of carbonyl (C=O) groups excluding carboxylic acids is 1. The third-order valence-corrected chi connectivity index (χ3v) is 3.19. The SMILES string of the molecule is CCNc1nc(C)cc(N2CCNC(=O)C2CC)n1. The molecule has 2 heterocycles. The maximum atomic E-state index is 11.9. The van der Waals surface area contributed by atoms with E-state index in [4.69, 9.17) is 0 Å². The highest BCUT2D eigenvalue weighted by atomic mass is 16.2. The van der Waals surface area contributed by atoms with Crippen LogP contribution >= 0.6 is 0 Å². The Morgan fingerprint density at radius 1 is 1.47 bits per heavy atom. The van der Waals surface area contributed by atoms with Gasteiger partial charge < -0.3 is 15.5 Å². The fourth-order valence-electron chi connectivity index (χ4n) is 2.33. The van der Waals surface area contributed by atoms with Crippen molar-refractivity contribution in [2.24, 2.45) is 0 Å². The van der Waals surface area contributed by atoms with Gasteiger partial charge in [0, 0.05) is 31.4 Å². The number of nitrogens with one attached hydrogen (secondary N) is 2. The molecule has 19 heavy (non-hydrogen) atoms. The number of aromatic nitrogens is 2. The molecule has 1 aromatic heterocycles. The summed E-state index contributed by atoms with van der Waals surface area (Å²) in [5.74, 6) is 1.53. The van der Waals surface area contributed by atoms with E-state index < -0.39 is 0 Å². The lowest BCUT2D eigenvalue weighted by Crippen LogP contribution is -2.55. The van der Waals surface area contributed by atoms with Gasteiger partial charge in [-0.05, 0) is 20.3 Å². The minimum absolute atomic E-state index is 0.0787. The number of amides is 1. The van der Waals surface area contributed by atoms with Crippen molar-refractivity contribution in [3.8, 4) is 0 Å². The van der Waals surface area contributed by atoms with Crippen LogP contribution in [0.4, 0.5) is 11.8 Å². The van der Waals surface area contributed by atoms with E-state index in [-0.39, 0.29) is 11.9 Å². The number of piperazine rings is 1. The number of rotatable bonds is 4. The first-order chi connectivity index (χ1) is 9.15. The Hall–Kier alpha value is -1.85. The van der Waals surface area contributed by atoms with Crippen LogP contribution < -0.4 is 15.5 Å². The fraction of sp³-hybridized carbons (Fsp3) is 0.615. The summed E-state index contributed by atoms with van der Waals surface area (Å²) >= 11 is 0. The zero-order chi connectivity index (χ0) is 13.8. The number of hydrogen-bond acceptors (Lipinski definition) is 5. The van der Waals surface area contributed by atoms with Crippen molar-refractivity contribution >= 4 is 17.7 Å². The molecule has 1 unspecified atom stereocenters. The normalized spacial score (nSPS) is 19.2. The lowest BCUT2D eigenvalue weighted by atomic mass is 10.1. The topological polar surface area (TPSA) is 70.2 Å². The second-order valence-corrected chi connectivity index (χ2v) is 4.63. The number of aryl methyl sites for hydroxylation is 1. The van der Waals surface area contributed by atoms with Gasteiger partial charge in [0.2, 0.25) is 11.9 Å². The van der Waals surface area contributed by atoms with E-state index in [0.29, 0.717) is 12.5 Å². The van der Waals surface area contributed by atoms with Crippen LogP contribution in [0.1, 0.15) is 26.0 Å². The maximum absolute atomic E-state index is 11.9. The minimum Gasteiger partial charge on any atom is -0.354 e. The van der Waals surface area contributed by atoms with Crippen LogP contribution in [0.3, 0.4) is 0 Å². The molecule has 1 aliphatic heterocycles. The average molecular weight is 263 g/mol. The molecule has 1 aromatic rings. The van der Waals surface area contributed by atoms with E-state index >= 15 is 0 Å². The van der Waals surface area contributed by atoms with Crippen molar-refractivity contribution in [2.45, 2.75) is 33.2 Å². The Kier molecular flexibility index (Phi) is 4.19. The standard InChI is InChI=1S/C13H21N5O/c1-4-10-12(19)15-6-7-18(10)11-8-9(3)16-13(17-11)14-5-2/h8,10H,4-7H2,1-3H3,(H,15,19)(H,14,16,17). The second-order valence-electron chi connectivity index (χ2n) is 4.63. The zero-order valence-electron chi connectivity index (χ0n) is 11.7. The van der Waals surface area contributed by atoms with Gasteiger partial charge in [0.05, 0.1) is 0 Å². The molecule has 104 valence electrons. The van der Waals surface area contributed by atoms with Crippen LogP contribution in [0.15, 0.2) is 6.07 Å².